The van der Waals surface area contributed by atoms with Gasteiger partial charge in [-0.25, -0.2) is 4.39 Å². The largest absolute Gasteiger partial charge is 0.339 e. The molecule has 1 aromatic rings. The normalized spacial score (nSPS) is 19.8. The van der Waals surface area contributed by atoms with E-state index in [-0.39, 0.29) is 23.0 Å². The number of nitrogens with zero attached hydrogens (tertiary/aromatic N) is 2. The number of amides is 2. The summed E-state index contributed by atoms with van der Waals surface area (Å²) in [6, 6.07) is 4.58. The first-order valence-corrected chi connectivity index (χ1v) is 9.97. The maximum atomic E-state index is 13.7. The van der Waals surface area contributed by atoms with Crippen LogP contribution in [0, 0.1) is 18.2 Å². The SMILES string of the molecule is Cc1ccc(C(=O)N2CCN(C(=O)CC3(CN)CCCCC3)CC2)cc1F. The highest BCUT2D eigenvalue weighted by atomic mass is 19.1. The van der Waals surface area contributed by atoms with Gasteiger partial charge >= 0.3 is 0 Å². The molecule has 2 N–H and O–H groups in total. The molecule has 5 nitrogen and oxygen atoms in total. The van der Waals surface area contributed by atoms with E-state index < -0.39 is 0 Å². The Labute approximate surface area is 160 Å². The van der Waals surface area contributed by atoms with E-state index in [9.17, 15) is 14.0 Å². The summed E-state index contributed by atoms with van der Waals surface area (Å²) in [4.78, 5) is 28.9. The van der Waals surface area contributed by atoms with Crippen LogP contribution in [0.2, 0.25) is 0 Å². The third-order valence-corrected chi connectivity index (χ3v) is 6.21. The fourth-order valence-electron chi connectivity index (χ4n) is 4.25. The number of piperazine rings is 1. The first kappa shape index (κ1) is 19.8. The van der Waals surface area contributed by atoms with Crippen LogP contribution in [0.3, 0.4) is 0 Å². The summed E-state index contributed by atoms with van der Waals surface area (Å²) in [5.74, 6) is -0.392. The fourth-order valence-corrected chi connectivity index (χ4v) is 4.25. The third kappa shape index (κ3) is 4.49. The summed E-state index contributed by atoms with van der Waals surface area (Å²) in [6.45, 7) is 4.26. The van der Waals surface area contributed by atoms with Crippen molar-refractivity contribution in [2.24, 2.45) is 11.1 Å². The highest BCUT2D eigenvalue weighted by molar-refractivity contribution is 5.94. The summed E-state index contributed by atoms with van der Waals surface area (Å²) < 4.78 is 13.7. The molecule has 1 saturated carbocycles. The standard InChI is InChI=1S/C21H30FN3O2/c1-16-5-6-17(13-18(16)22)20(27)25-11-9-24(10-12-25)19(26)14-21(15-23)7-3-2-4-8-21/h5-6,13H,2-4,7-12,14-15,23H2,1H3. The Bertz CT molecular complexity index is 693. The topological polar surface area (TPSA) is 66.6 Å². The molecule has 0 aromatic heterocycles. The lowest BCUT2D eigenvalue weighted by Crippen LogP contribution is -2.52. The Balaban J connectivity index is 1.55. The molecule has 148 valence electrons. The lowest BCUT2D eigenvalue weighted by Gasteiger charge is -2.39. The quantitative estimate of drug-likeness (QED) is 0.880. The zero-order valence-electron chi connectivity index (χ0n) is 16.2. The van der Waals surface area contributed by atoms with Crippen molar-refractivity contribution in [3.8, 4) is 0 Å². The molecule has 0 atom stereocenters. The lowest BCUT2D eigenvalue weighted by atomic mass is 9.71. The van der Waals surface area contributed by atoms with Crippen LogP contribution in [0.15, 0.2) is 18.2 Å². The molecular weight excluding hydrogens is 345 g/mol. The molecule has 0 spiro atoms. The first-order chi connectivity index (χ1) is 12.9. The van der Waals surface area contributed by atoms with E-state index in [1.807, 2.05) is 4.90 Å². The average molecular weight is 375 g/mol. The Hall–Kier alpha value is -1.95. The number of nitrogens with two attached hydrogens (primary N) is 1. The van der Waals surface area contributed by atoms with Gasteiger partial charge in [0.15, 0.2) is 0 Å². The van der Waals surface area contributed by atoms with Crippen LogP contribution < -0.4 is 5.73 Å². The van der Waals surface area contributed by atoms with Gasteiger partial charge in [0.25, 0.3) is 5.91 Å². The Morgan fingerprint density at radius 2 is 1.70 bits per heavy atom. The molecule has 2 aliphatic rings. The van der Waals surface area contributed by atoms with Gasteiger partial charge in [-0.05, 0) is 49.4 Å². The van der Waals surface area contributed by atoms with Crippen LogP contribution in [-0.4, -0.2) is 54.3 Å². The van der Waals surface area contributed by atoms with Crippen LogP contribution in [-0.2, 0) is 4.79 Å². The van der Waals surface area contributed by atoms with Gasteiger partial charge in [-0.2, -0.15) is 0 Å². The maximum Gasteiger partial charge on any atom is 0.254 e. The van der Waals surface area contributed by atoms with Crippen LogP contribution in [0.1, 0.15) is 54.4 Å². The summed E-state index contributed by atoms with van der Waals surface area (Å²) >= 11 is 0. The minimum Gasteiger partial charge on any atom is -0.339 e. The number of hydrogen-bond acceptors (Lipinski definition) is 3. The molecule has 6 heteroatoms. The third-order valence-electron chi connectivity index (χ3n) is 6.21. The van der Waals surface area contributed by atoms with Gasteiger partial charge in [-0.15, -0.1) is 0 Å². The molecule has 1 saturated heterocycles. The molecule has 1 aromatic carbocycles. The number of carbonyl (C=O) groups excluding carboxylic acids is 2. The number of carbonyl (C=O) groups is 2. The van der Waals surface area contributed by atoms with E-state index in [2.05, 4.69) is 0 Å². The second-order valence-corrected chi connectivity index (χ2v) is 8.08. The Kier molecular flexibility index (Phi) is 6.15. The molecular formula is C21H30FN3O2. The van der Waals surface area contributed by atoms with Crippen molar-refractivity contribution in [2.75, 3.05) is 32.7 Å². The zero-order valence-corrected chi connectivity index (χ0v) is 16.2. The fraction of sp³-hybridized carbons (Fsp3) is 0.619. The predicted octanol–water partition coefficient (Wildman–Crippen LogP) is 2.72. The zero-order chi connectivity index (χ0) is 19.4. The number of aryl methyl sites for hydroxylation is 1. The second kappa shape index (κ2) is 8.38. The van der Waals surface area contributed by atoms with Crippen molar-refractivity contribution < 1.29 is 14.0 Å². The molecule has 1 aliphatic carbocycles. The Morgan fingerprint density at radius 1 is 1.07 bits per heavy atom. The molecule has 2 fully saturated rings. The highest BCUT2D eigenvalue weighted by Crippen LogP contribution is 2.38. The summed E-state index contributed by atoms with van der Waals surface area (Å²) in [5.41, 5.74) is 6.86. The minimum absolute atomic E-state index is 0.0400. The van der Waals surface area contributed by atoms with Gasteiger partial charge in [-0.3, -0.25) is 9.59 Å². The van der Waals surface area contributed by atoms with E-state index >= 15 is 0 Å². The van der Waals surface area contributed by atoms with Crippen molar-refractivity contribution in [3.05, 3.63) is 35.1 Å². The van der Waals surface area contributed by atoms with E-state index in [1.54, 1.807) is 24.0 Å². The van der Waals surface area contributed by atoms with Crippen LogP contribution in [0.5, 0.6) is 0 Å². The highest BCUT2D eigenvalue weighted by Gasteiger charge is 2.35. The molecule has 0 radical (unpaired) electrons. The Morgan fingerprint density at radius 3 is 2.30 bits per heavy atom. The van der Waals surface area contributed by atoms with Gasteiger partial charge < -0.3 is 15.5 Å². The van der Waals surface area contributed by atoms with E-state index in [0.29, 0.717) is 50.3 Å². The van der Waals surface area contributed by atoms with Crippen LogP contribution in [0.25, 0.3) is 0 Å². The molecule has 3 rings (SSSR count). The summed E-state index contributed by atoms with van der Waals surface area (Å²) in [7, 11) is 0. The van der Waals surface area contributed by atoms with Gasteiger partial charge in [0.2, 0.25) is 5.91 Å². The molecule has 0 bridgehead atoms. The minimum atomic E-state index is -0.366. The first-order valence-electron chi connectivity index (χ1n) is 9.97. The van der Waals surface area contributed by atoms with Gasteiger partial charge in [0.05, 0.1) is 0 Å². The van der Waals surface area contributed by atoms with Crippen molar-refractivity contribution in [3.63, 3.8) is 0 Å². The summed E-state index contributed by atoms with van der Waals surface area (Å²) in [5, 5.41) is 0. The lowest BCUT2D eigenvalue weighted by molar-refractivity contribution is -0.135. The monoisotopic (exact) mass is 375 g/mol. The van der Waals surface area contributed by atoms with Crippen LogP contribution >= 0.6 is 0 Å². The second-order valence-electron chi connectivity index (χ2n) is 8.08. The van der Waals surface area contributed by atoms with Crippen molar-refractivity contribution in [1.29, 1.82) is 0 Å². The van der Waals surface area contributed by atoms with E-state index in [1.165, 1.54) is 12.5 Å². The predicted molar refractivity (Wildman–Crippen MR) is 103 cm³/mol. The summed E-state index contributed by atoms with van der Waals surface area (Å²) in [6.07, 6.45) is 6.12. The van der Waals surface area contributed by atoms with E-state index in [0.717, 1.165) is 25.7 Å². The average Bonchev–Trinajstić information content (AvgIpc) is 2.70. The van der Waals surface area contributed by atoms with Gasteiger partial charge in [0.1, 0.15) is 5.82 Å². The number of hydrogen-bond donors (Lipinski definition) is 1. The number of benzene rings is 1. The van der Waals surface area contributed by atoms with E-state index in [4.69, 9.17) is 5.73 Å². The van der Waals surface area contributed by atoms with Gasteiger partial charge in [-0.1, -0.05) is 25.3 Å². The smallest absolute Gasteiger partial charge is 0.254 e. The van der Waals surface area contributed by atoms with Crippen molar-refractivity contribution >= 4 is 11.8 Å². The van der Waals surface area contributed by atoms with Crippen molar-refractivity contribution in [2.45, 2.75) is 45.4 Å². The van der Waals surface area contributed by atoms with Crippen molar-refractivity contribution in [1.82, 2.24) is 9.80 Å². The molecule has 2 amide bonds. The number of rotatable bonds is 4. The maximum absolute atomic E-state index is 13.7. The van der Waals surface area contributed by atoms with Gasteiger partial charge in [0, 0.05) is 38.2 Å². The van der Waals surface area contributed by atoms with Crippen LogP contribution in [0.4, 0.5) is 4.39 Å². The molecule has 1 heterocycles. The number of halogens is 1. The molecule has 0 unspecified atom stereocenters. The molecule has 27 heavy (non-hydrogen) atoms. The molecule has 1 aliphatic heterocycles.